The van der Waals surface area contributed by atoms with Crippen LogP contribution in [0.15, 0.2) is 24.3 Å². The molecular formula is C14H18O2. The highest BCUT2D eigenvalue weighted by atomic mass is 16.5. The topological polar surface area (TPSA) is 26.3 Å². The summed E-state index contributed by atoms with van der Waals surface area (Å²) in [6.07, 6.45) is 4.46. The monoisotopic (exact) mass is 218 g/mol. The minimum absolute atomic E-state index is 0.185. The Labute approximate surface area is 96.6 Å². The second kappa shape index (κ2) is 5.15. The maximum absolute atomic E-state index is 11.4. The highest BCUT2D eigenvalue weighted by molar-refractivity contribution is 5.95. The third kappa shape index (κ3) is 3.09. The second-order valence-electron chi connectivity index (χ2n) is 4.38. The van der Waals surface area contributed by atoms with Gasteiger partial charge in [0, 0.05) is 12.0 Å². The number of carbonyl (C=O) groups is 1. The minimum atomic E-state index is 0.185. The molecule has 0 saturated heterocycles. The molecule has 1 fully saturated rings. The van der Waals surface area contributed by atoms with E-state index in [4.69, 9.17) is 4.74 Å². The molecule has 0 radical (unpaired) electrons. The van der Waals surface area contributed by atoms with Crippen LogP contribution in [0.2, 0.25) is 0 Å². The van der Waals surface area contributed by atoms with Crippen LogP contribution in [-0.2, 0) is 0 Å². The summed E-state index contributed by atoms with van der Waals surface area (Å²) in [4.78, 5) is 11.4. The summed E-state index contributed by atoms with van der Waals surface area (Å²) < 4.78 is 5.61. The van der Waals surface area contributed by atoms with E-state index in [1.165, 1.54) is 12.8 Å². The summed E-state index contributed by atoms with van der Waals surface area (Å²) in [5.41, 5.74) is 0.775. The maximum Gasteiger partial charge on any atom is 0.162 e. The van der Waals surface area contributed by atoms with E-state index in [0.717, 1.165) is 30.3 Å². The summed E-state index contributed by atoms with van der Waals surface area (Å²) in [5, 5.41) is 0. The van der Waals surface area contributed by atoms with Crippen LogP contribution in [-0.4, -0.2) is 12.4 Å². The molecule has 1 aromatic carbocycles. The second-order valence-corrected chi connectivity index (χ2v) is 4.38. The van der Waals surface area contributed by atoms with E-state index in [1.54, 1.807) is 0 Å². The predicted molar refractivity (Wildman–Crippen MR) is 63.9 cm³/mol. The van der Waals surface area contributed by atoms with Crippen molar-refractivity contribution in [1.29, 1.82) is 0 Å². The van der Waals surface area contributed by atoms with Crippen LogP contribution >= 0.6 is 0 Å². The van der Waals surface area contributed by atoms with E-state index >= 15 is 0 Å². The number of rotatable bonds is 6. The zero-order chi connectivity index (χ0) is 11.4. The lowest BCUT2D eigenvalue weighted by Crippen LogP contribution is -1.99. The number of hydrogen-bond acceptors (Lipinski definition) is 2. The SMILES string of the molecule is CCC(=O)c1ccc(OCCC2CC2)cc1. The van der Waals surface area contributed by atoms with Gasteiger partial charge in [-0.05, 0) is 36.6 Å². The lowest BCUT2D eigenvalue weighted by molar-refractivity contribution is 0.0988. The Morgan fingerprint density at radius 2 is 2.00 bits per heavy atom. The van der Waals surface area contributed by atoms with Crippen molar-refractivity contribution in [2.45, 2.75) is 32.6 Å². The number of hydrogen-bond donors (Lipinski definition) is 0. The van der Waals surface area contributed by atoms with Gasteiger partial charge in [0.15, 0.2) is 5.78 Å². The van der Waals surface area contributed by atoms with Crippen molar-refractivity contribution in [1.82, 2.24) is 0 Å². The van der Waals surface area contributed by atoms with Gasteiger partial charge >= 0.3 is 0 Å². The van der Waals surface area contributed by atoms with Gasteiger partial charge < -0.3 is 4.74 Å². The summed E-state index contributed by atoms with van der Waals surface area (Å²) >= 11 is 0. The van der Waals surface area contributed by atoms with Crippen molar-refractivity contribution in [3.63, 3.8) is 0 Å². The largest absolute Gasteiger partial charge is 0.494 e. The van der Waals surface area contributed by atoms with E-state index in [9.17, 15) is 4.79 Å². The average Bonchev–Trinajstić information content (AvgIpc) is 3.13. The Hall–Kier alpha value is -1.31. The standard InChI is InChI=1S/C14H18O2/c1-2-14(15)12-5-7-13(8-6-12)16-10-9-11-3-4-11/h5-8,11H,2-4,9-10H2,1H3. The molecule has 0 unspecified atom stereocenters. The quantitative estimate of drug-likeness (QED) is 0.683. The third-order valence-corrected chi connectivity index (χ3v) is 2.99. The average molecular weight is 218 g/mol. The van der Waals surface area contributed by atoms with Gasteiger partial charge in [0.05, 0.1) is 6.61 Å². The van der Waals surface area contributed by atoms with Gasteiger partial charge in [-0.25, -0.2) is 0 Å². The molecule has 1 saturated carbocycles. The summed E-state index contributed by atoms with van der Waals surface area (Å²) in [6.45, 7) is 2.67. The summed E-state index contributed by atoms with van der Waals surface area (Å²) in [7, 11) is 0. The van der Waals surface area contributed by atoms with Crippen LogP contribution in [0.4, 0.5) is 0 Å². The number of benzene rings is 1. The van der Waals surface area contributed by atoms with Gasteiger partial charge in [-0.15, -0.1) is 0 Å². The molecule has 0 aromatic heterocycles. The van der Waals surface area contributed by atoms with Crippen molar-refractivity contribution < 1.29 is 9.53 Å². The molecule has 16 heavy (non-hydrogen) atoms. The Morgan fingerprint density at radius 3 is 2.56 bits per heavy atom. The van der Waals surface area contributed by atoms with Crippen molar-refractivity contribution in [2.75, 3.05) is 6.61 Å². The van der Waals surface area contributed by atoms with E-state index in [0.29, 0.717) is 6.42 Å². The van der Waals surface area contributed by atoms with E-state index in [-0.39, 0.29) is 5.78 Å². The predicted octanol–water partition coefficient (Wildman–Crippen LogP) is 3.46. The molecule has 0 spiro atoms. The zero-order valence-electron chi connectivity index (χ0n) is 9.74. The molecule has 0 atom stereocenters. The first-order chi connectivity index (χ1) is 7.79. The first-order valence-corrected chi connectivity index (χ1v) is 6.05. The van der Waals surface area contributed by atoms with Crippen LogP contribution in [0.25, 0.3) is 0 Å². The molecule has 0 heterocycles. The molecule has 2 rings (SSSR count). The Balaban J connectivity index is 1.83. The van der Waals surface area contributed by atoms with E-state index in [1.807, 2.05) is 31.2 Å². The smallest absolute Gasteiger partial charge is 0.162 e. The number of carbonyl (C=O) groups excluding carboxylic acids is 1. The number of Topliss-reactive ketones (excluding diaryl/α,β-unsaturated/α-hetero) is 1. The molecule has 0 aliphatic heterocycles. The van der Waals surface area contributed by atoms with Gasteiger partial charge in [-0.1, -0.05) is 19.8 Å². The maximum atomic E-state index is 11.4. The molecule has 1 aromatic rings. The van der Waals surface area contributed by atoms with Crippen molar-refractivity contribution in [2.24, 2.45) is 5.92 Å². The van der Waals surface area contributed by atoms with Crippen molar-refractivity contribution in [3.8, 4) is 5.75 Å². The molecular weight excluding hydrogens is 200 g/mol. The van der Waals surface area contributed by atoms with Gasteiger partial charge in [-0.3, -0.25) is 4.79 Å². The Morgan fingerprint density at radius 1 is 1.31 bits per heavy atom. The van der Waals surface area contributed by atoms with Crippen LogP contribution in [0.3, 0.4) is 0 Å². The fourth-order valence-corrected chi connectivity index (χ4v) is 1.69. The van der Waals surface area contributed by atoms with Crippen LogP contribution in [0.5, 0.6) is 5.75 Å². The number of ketones is 1. The highest BCUT2D eigenvalue weighted by Crippen LogP contribution is 2.32. The first-order valence-electron chi connectivity index (χ1n) is 6.05. The van der Waals surface area contributed by atoms with Gasteiger partial charge in [0.1, 0.15) is 5.75 Å². The number of ether oxygens (including phenoxy) is 1. The zero-order valence-corrected chi connectivity index (χ0v) is 9.74. The molecule has 2 heteroatoms. The fourth-order valence-electron chi connectivity index (χ4n) is 1.69. The molecule has 1 aliphatic carbocycles. The van der Waals surface area contributed by atoms with E-state index in [2.05, 4.69) is 0 Å². The molecule has 0 bridgehead atoms. The lowest BCUT2D eigenvalue weighted by Gasteiger charge is -2.06. The Kier molecular flexibility index (Phi) is 3.60. The molecule has 1 aliphatic rings. The fraction of sp³-hybridized carbons (Fsp3) is 0.500. The molecule has 0 amide bonds. The van der Waals surface area contributed by atoms with Crippen LogP contribution in [0.1, 0.15) is 43.0 Å². The summed E-state index contributed by atoms with van der Waals surface area (Å²) in [6, 6.07) is 7.46. The van der Waals surface area contributed by atoms with Gasteiger partial charge in [0.25, 0.3) is 0 Å². The lowest BCUT2D eigenvalue weighted by atomic mass is 10.1. The third-order valence-electron chi connectivity index (χ3n) is 2.99. The van der Waals surface area contributed by atoms with Crippen LogP contribution in [0, 0.1) is 5.92 Å². The first kappa shape index (κ1) is 11.2. The Bertz CT molecular complexity index is 350. The normalized spacial score (nSPS) is 14.8. The van der Waals surface area contributed by atoms with E-state index < -0.39 is 0 Å². The molecule has 2 nitrogen and oxygen atoms in total. The van der Waals surface area contributed by atoms with Crippen molar-refractivity contribution in [3.05, 3.63) is 29.8 Å². The minimum Gasteiger partial charge on any atom is -0.494 e. The summed E-state index contributed by atoms with van der Waals surface area (Å²) in [5.74, 6) is 1.96. The van der Waals surface area contributed by atoms with Crippen LogP contribution < -0.4 is 4.74 Å². The molecule has 86 valence electrons. The van der Waals surface area contributed by atoms with Crippen molar-refractivity contribution >= 4 is 5.78 Å². The highest BCUT2D eigenvalue weighted by Gasteiger charge is 2.20. The van der Waals surface area contributed by atoms with Gasteiger partial charge in [-0.2, -0.15) is 0 Å². The van der Waals surface area contributed by atoms with Gasteiger partial charge in [0.2, 0.25) is 0 Å². The molecule has 0 N–H and O–H groups in total.